The molecule has 0 atom stereocenters. The molecule has 5 nitrogen and oxygen atoms in total. The predicted molar refractivity (Wildman–Crippen MR) is 80.0 cm³/mol. The summed E-state index contributed by atoms with van der Waals surface area (Å²) in [5.74, 6) is -0.413. The minimum Gasteiger partial charge on any atom is -0.512 e. The molecule has 1 aromatic rings. The molecule has 1 heterocycles. The molecular weight excluding hydrogens is 462 g/mol. The number of carbonyl (C=O) groups excluding carboxylic acids is 3. The molecule has 1 amide bonds. The van der Waals surface area contributed by atoms with Gasteiger partial charge in [-0.2, -0.15) is 0 Å². The third-order valence-electron chi connectivity index (χ3n) is 2.21. The molecule has 6 heteroatoms. The van der Waals surface area contributed by atoms with Crippen molar-refractivity contribution in [1.82, 2.24) is 0 Å². The van der Waals surface area contributed by atoms with E-state index in [4.69, 9.17) is 9.90 Å². The molecule has 0 saturated carbocycles. The number of aliphatic hydroxyl groups is 1. The van der Waals surface area contributed by atoms with Crippen LogP contribution in [0.2, 0.25) is 0 Å². The van der Waals surface area contributed by atoms with E-state index in [1.807, 2.05) is 0 Å². The number of aliphatic imine (C=N–C) groups is 1. The molecule has 0 fully saturated rings. The summed E-state index contributed by atoms with van der Waals surface area (Å²) in [5, 5.41) is 8.40. The molecular formula is C16H15IrNO4. The average Bonchev–Trinajstić information content (AvgIpc) is 2.42. The Kier molecular flexibility index (Phi) is 8.75. The van der Waals surface area contributed by atoms with Crippen LogP contribution in [0.3, 0.4) is 0 Å². The Labute approximate surface area is 141 Å². The van der Waals surface area contributed by atoms with Crippen molar-refractivity contribution >= 4 is 23.2 Å². The van der Waals surface area contributed by atoms with E-state index in [9.17, 15) is 9.59 Å². The summed E-state index contributed by atoms with van der Waals surface area (Å²) in [7, 11) is 0. The second-order valence-electron chi connectivity index (χ2n) is 4.20. The van der Waals surface area contributed by atoms with E-state index in [1.54, 1.807) is 24.3 Å². The van der Waals surface area contributed by atoms with Gasteiger partial charge in [0.15, 0.2) is 5.78 Å². The molecule has 117 valence electrons. The third-order valence-corrected chi connectivity index (χ3v) is 2.21. The van der Waals surface area contributed by atoms with Gasteiger partial charge in [-0.05, 0) is 13.0 Å². The van der Waals surface area contributed by atoms with E-state index in [-0.39, 0.29) is 43.1 Å². The normalized spacial score (nSPS) is 13.5. The van der Waals surface area contributed by atoms with Crippen molar-refractivity contribution in [2.24, 2.45) is 4.99 Å². The smallest absolute Gasteiger partial charge is 0.316 e. The van der Waals surface area contributed by atoms with Gasteiger partial charge < -0.3 is 5.11 Å². The number of allylic oxidation sites excluding steroid dienone is 3. The van der Waals surface area contributed by atoms with Crippen molar-refractivity contribution in [3.8, 4) is 0 Å². The largest absolute Gasteiger partial charge is 0.512 e. The maximum Gasteiger partial charge on any atom is 0.316 e. The van der Waals surface area contributed by atoms with Gasteiger partial charge in [0.1, 0.15) is 0 Å². The molecule has 22 heavy (non-hydrogen) atoms. The number of nitrogens with zero attached hydrogens (tertiary/aromatic N) is 1. The number of hydrogen-bond acceptors (Lipinski definition) is 3. The van der Waals surface area contributed by atoms with E-state index in [2.05, 4.69) is 11.1 Å². The zero-order chi connectivity index (χ0) is 15.8. The van der Waals surface area contributed by atoms with Gasteiger partial charge in [-0.1, -0.05) is 0 Å². The quantitative estimate of drug-likeness (QED) is 0.306. The molecule has 0 saturated heterocycles. The molecule has 1 aromatic carbocycles. The topological polar surface area (TPSA) is 88.1 Å². The average molecular weight is 478 g/mol. The molecule has 2 N–H and O–H groups in total. The van der Waals surface area contributed by atoms with Crippen LogP contribution < -0.4 is 0 Å². The minimum atomic E-state index is -0.406. The van der Waals surface area contributed by atoms with E-state index < -0.39 is 5.91 Å². The van der Waals surface area contributed by atoms with Gasteiger partial charge >= 0.3 is 5.78 Å². The third kappa shape index (κ3) is 7.02. The van der Waals surface area contributed by atoms with Crippen LogP contribution in [-0.2, 0) is 29.7 Å². The SMILES string of the molecule is CC(=[OH+])/C=C(/C)O.O=C1C=CC(=O)C(c2[c-]cccc2)=N1.[Ir]. The summed E-state index contributed by atoms with van der Waals surface area (Å²) in [4.78, 5) is 34.3. The van der Waals surface area contributed by atoms with Crippen LogP contribution in [0.15, 0.2) is 53.2 Å². The van der Waals surface area contributed by atoms with Gasteiger partial charge in [-0.25, -0.2) is 0 Å². The molecule has 0 spiro atoms. The van der Waals surface area contributed by atoms with E-state index in [0.717, 1.165) is 6.08 Å². The van der Waals surface area contributed by atoms with E-state index in [0.29, 0.717) is 5.56 Å². The fourth-order valence-corrected chi connectivity index (χ4v) is 1.46. The van der Waals surface area contributed by atoms with Gasteiger partial charge in [0.25, 0.3) is 5.91 Å². The van der Waals surface area contributed by atoms with Crippen LogP contribution in [0, 0.1) is 6.07 Å². The standard InChI is InChI=1S/C11H6NO2.C5H8O2.Ir/c13-9-6-7-10(14)12-11(9)8-4-2-1-3-5-8;1-4(6)3-5(2)7;/h1-4,6-7H;3,6H,1-2H3;/q-1;;/p+1/b;4-3-;. The van der Waals surface area contributed by atoms with Crippen LogP contribution in [0.5, 0.6) is 0 Å². The first kappa shape index (κ1) is 19.8. The van der Waals surface area contributed by atoms with Crippen molar-refractivity contribution in [2.45, 2.75) is 13.8 Å². The molecule has 2 rings (SSSR count). The number of ketones is 2. The minimum absolute atomic E-state index is 0. The Morgan fingerprint density at radius 1 is 1.27 bits per heavy atom. The second kappa shape index (κ2) is 9.71. The summed E-state index contributed by atoms with van der Waals surface area (Å²) in [6.45, 7) is 3.00. The van der Waals surface area contributed by atoms with Gasteiger partial charge in [-0.3, -0.25) is 19.4 Å². The molecule has 1 radical (unpaired) electrons. The van der Waals surface area contributed by atoms with Crippen molar-refractivity contribution in [3.05, 3.63) is 59.9 Å². The molecule has 0 unspecified atom stereocenters. The van der Waals surface area contributed by atoms with Crippen molar-refractivity contribution in [3.63, 3.8) is 0 Å². The number of aliphatic hydroxyl groups excluding tert-OH is 1. The Morgan fingerprint density at radius 3 is 2.41 bits per heavy atom. The van der Waals surface area contributed by atoms with Gasteiger partial charge in [0.05, 0.1) is 18.8 Å². The summed E-state index contributed by atoms with van der Waals surface area (Å²) in [5.41, 5.74) is 0.716. The maximum atomic E-state index is 11.4. The molecule has 0 bridgehead atoms. The van der Waals surface area contributed by atoms with Crippen LogP contribution in [-0.4, -0.2) is 33.1 Å². The zero-order valence-electron chi connectivity index (χ0n) is 12.0. The zero-order valence-corrected chi connectivity index (χ0v) is 14.4. The van der Waals surface area contributed by atoms with Gasteiger partial charge in [0, 0.05) is 31.9 Å². The molecule has 0 aliphatic carbocycles. The number of hydrogen-bond donors (Lipinski definition) is 1. The van der Waals surface area contributed by atoms with Crippen molar-refractivity contribution < 1.29 is 39.6 Å². The van der Waals surface area contributed by atoms with Crippen LogP contribution in [0.1, 0.15) is 19.4 Å². The van der Waals surface area contributed by atoms with Crippen LogP contribution >= 0.6 is 0 Å². The summed E-state index contributed by atoms with van der Waals surface area (Å²) < 4.78 is 0. The number of amides is 1. The first-order chi connectivity index (χ1) is 9.90. The van der Waals surface area contributed by atoms with Crippen LogP contribution in [0.4, 0.5) is 0 Å². The monoisotopic (exact) mass is 478 g/mol. The Morgan fingerprint density at radius 2 is 1.95 bits per heavy atom. The van der Waals surface area contributed by atoms with Crippen molar-refractivity contribution in [1.29, 1.82) is 0 Å². The van der Waals surface area contributed by atoms with Gasteiger partial charge in [-0.15, -0.1) is 35.9 Å². The summed E-state index contributed by atoms with van der Waals surface area (Å²) in [6, 6.07) is 9.78. The maximum absolute atomic E-state index is 11.4. The molecule has 0 aromatic heterocycles. The fraction of sp³-hybridized carbons (Fsp3) is 0.125. The van der Waals surface area contributed by atoms with Gasteiger partial charge in [0.2, 0.25) is 0 Å². The molecule has 1 aliphatic heterocycles. The molecule has 1 aliphatic rings. The Balaban J connectivity index is 0.000000478. The van der Waals surface area contributed by atoms with E-state index in [1.165, 1.54) is 26.0 Å². The first-order valence-corrected chi connectivity index (χ1v) is 6.12. The number of benzene rings is 1. The Bertz CT molecular complexity index is 641. The Hall–Kier alpha value is -2.17. The summed E-state index contributed by atoms with van der Waals surface area (Å²) in [6.07, 6.45) is 3.67. The predicted octanol–water partition coefficient (Wildman–Crippen LogP) is 1.95. The second-order valence-corrected chi connectivity index (χ2v) is 4.20. The number of dihydropyridines is 1. The first-order valence-electron chi connectivity index (χ1n) is 6.12. The summed E-state index contributed by atoms with van der Waals surface area (Å²) >= 11 is 0. The van der Waals surface area contributed by atoms with Crippen molar-refractivity contribution in [2.75, 3.05) is 0 Å². The number of carbonyl (C=O) groups is 2. The van der Waals surface area contributed by atoms with E-state index >= 15 is 0 Å². The van der Waals surface area contributed by atoms with Crippen LogP contribution in [0.25, 0.3) is 0 Å². The number of rotatable bonds is 2. The fourth-order valence-electron chi connectivity index (χ4n) is 1.46.